The third-order valence-corrected chi connectivity index (χ3v) is 3.97. The van der Waals surface area contributed by atoms with Crippen molar-refractivity contribution in [2.45, 2.75) is 25.9 Å². The first kappa shape index (κ1) is 17.4. The highest BCUT2D eigenvalue weighted by atomic mass is 35.5. The molecule has 7 nitrogen and oxygen atoms in total. The second kappa shape index (κ2) is 7.25. The summed E-state index contributed by atoms with van der Waals surface area (Å²) in [7, 11) is 0. The summed E-state index contributed by atoms with van der Waals surface area (Å²) in [5.41, 5.74) is 1.00. The fourth-order valence-corrected chi connectivity index (χ4v) is 2.57. The number of halogens is 2. The van der Waals surface area contributed by atoms with Crippen LogP contribution in [0.3, 0.4) is 0 Å². The van der Waals surface area contributed by atoms with Crippen LogP contribution in [0.4, 0.5) is 0 Å². The molecule has 0 aliphatic heterocycles. The normalized spacial score (nSPS) is 12.3. The molecule has 0 spiro atoms. The maximum atomic E-state index is 10.7. The molecule has 1 atom stereocenters. The minimum atomic E-state index is -0.904. The van der Waals surface area contributed by atoms with E-state index in [1.165, 1.54) is 12.4 Å². The Morgan fingerprint density at radius 1 is 1.32 bits per heavy atom. The standard InChI is InChI=1S/C16H13Cl2N3O4/c1-8(16-19-6-9(17)7-20-16)24-14-5-13-10(4-11(14)18)12(21-25-13)2-3-15(22)23/h4-8H,2-3H2,1H3,(H,22,23). The van der Waals surface area contributed by atoms with Gasteiger partial charge in [-0.3, -0.25) is 4.79 Å². The lowest BCUT2D eigenvalue weighted by molar-refractivity contribution is -0.136. The predicted octanol–water partition coefficient (Wildman–Crippen LogP) is 4.08. The molecule has 0 saturated heterocycles. The number of carbonyl (C=O) groups is 1. The second-order valence-corrected chi connectivity index (χ2v) is 6.16. The van der Waals surface area contributed by atoms with Crippen LogP contribution in [0.5, 0.6) is 5.75 Å². The second-order valence-electron chi connectivity index (χ2n) is 5.32. The summed E-state index contributed by atoms with van der Waals surface area (Å²) in [6.45, 7) is 1.78. The average molecular weight is 382 g/mol. The predicted molar refractivity (Wildman–Crippen MR) is 91.1 cm³/mol. The molecule has 25 heavy (non-hydrogen) atoms. The van der Waals surface area contributed by atoms with Crippen molar-refractivity contribution in [2.75, 3.05) is 0 Å². The molecule has 3 rings (SSSR count). The molecule has 3 aromatic rings. The lowest BCUT2D eigenvalue weighted by atomic mass is 10.1. The van der Waals surface area contributed by atoms with Crippen molar-refractivity contribution in [3.05, 3.63) is 46.1 Å². The zero-order valence-corrected chi connectivity index (χ0v) is 14.6. The topological polar surface area (TPSA) is 98.3 Å². The van der Waals surface area contributed by atoms with Crippen LogP contribution in [0.15, 0.2) is 29.0 Å². The van der Waals surface area contributed by atoms with E-state index < -0.39 is 12.1 Å². The Morgan fingerprint density at radius 2 is 2.04 bits per heavy atom. The summed E-state index contributed by atoms with van der Waals surface area (Å²) in [4.78, 5) is 18.9. The monoisotopic (exact) mass is 381 g/mol. The van der Waals surface area contributed by atoms with E-state index in [9.17, 15) is 4.79 Å². The van der Waals surface area contributed by atoms with Crippen molar-refractivity contribution in [1.29, 1.82) is 0 Å². The van der Waals surface area contributed by atoms with Gasteiger partial charge in [-0.2, -0.15) is 0 Å². The fourth-order valence-electron chi connectivity index (χ4n) is 2.26. The largest absolute Gasteiger partial charge is 0.481 e. The quantitative estimate of drug-likeness (QED) is 0.686. The number of ether oxygens (including phenoxy) is 1. The van der Waals surface area contributed by atoms with Crippen molar-refractivity contribution in [2.24, 2.45) is 0 Å². The van der Waals surface area contributed by atoms with E-state index in [0.717, 1.165) is 0 Å². The highest BCUT2D eigenvalue weighted by Crippen LogP contribution is 2.34. The van der Waals surface area contributed by atoms with Crippen LogP contribution in [-0.2, 0) is 11.2 Å². The van der Waals surface area contributed by atoms with Gasteiger partial charge in [-0.05, 0) is 13.0 Å². The van der Waals surface area contributed by atoms with Crippen LogP contribution in [0, 0.1) is 0 Å². The zero-order valence-electron chi connectivity index (χ0n) is 13.1. The highest BCUT2D eigenvalue weighted by Gasteiger charge is 2.17. The van der Waals surface area contributed by atoms with Crippen LogP contribution in [0.1, 0.15) is 31.0 Å². The van der Waals surface area contributed by atoms with Gasteiger partial charge in [0.2, 0.25) is 0 Å². The number of aryl methyl sites for hydroxylation is 1. The highest BCUT2D eigenvalue weighted by molar-refractivity contribution is 6.32. The number of hydrogen-bond acceptors (Lipinski definition) is 6. The van der Waals surface area contributed by atoms with Crippen molar-refractivity contribution >= 4 is 40.1 Å². The molecule has 1 aromatic carbocycles. The van der Waals surface area contributed by atoms with Crippen LogP contribution in [-0.4, -0.2) is 26.2 Å². The summed E-state index contributed by atoms with van der Waals surface area (Å²) in [6, 6.07) is 3.26. The first-order chi connectivity index (χ1) is 11.9. The molecular formula is C16H13Cl2N3O4. The summed E-state index contributed by atoms with van der Waals surface area (Å²) < 4.78 is 11.1. The van der Waals surface area contributed by atoms with Gasteiger partial charge in [0.1, 0.15) is 5.75 Å². The first-order valence-electron chi connectivity index (χ1n) is 7.37. The number of aromatic nitrogens is 3. The van der Waals surface area contributed by atoms with Gasteiger partial charge >= 0.3 is 5.97 Å². The minimum absolute atomic E-state index is 0.0392. The summed E-state index contributed by atoms with van der Waals surface area (Å²) in [6.07, 6.45) is 2.73. The molecule has 0 bridgehead atoms. The maximum Gasteiger partial charge on any atom is 0.303 e. The van der Waals surface area contributed by atoms with E-state index in [0.29, 0.717) is 38.3 Å². The van der Waals surface area contributed by atoms with Gasteiger partial charge in [-0.25, -0.2) is 9.97 Å². The van der Waals surface area contributed by atoms with Crippen LogP contribution < -0.4 is 4.74 Å². The molecule has 2 aromatic heterocycles. The summed E-state index contributed by atoms with van der Waals surface area (Å²) >= 11 is 12.1. The number of fused-ring (bicyclic) bond motifs is 1. The van der Waals surface area contributed by atoms with Crippen molar-refractivity contribution in [3.8, 4) is 5.75 Å². The van der Waals surface area contributed by atoms with E-state index in [1.807, 2.05) is 0 Å². The van der Waals surface area contributed by atoms with E-state index in [-0.39, 0.29) is 12.8 Å². The van der Waals surface area contributed by atoms with Crippen molar-refractivity contribution in [3.63, 3.8) is 0 Å². The number of nitrogens with zero attached hydrogens (tertiary/aromatic N) is 3. The maximum absolute atomic E-state index is 10.7. The molecular weight excluding hydrogens is 369 g/mol. The van der Waals surface area contributed by atoms with E-state index in [4.69, 9.17) is 37.6 Å². The van der Waals surface area contributed by atoms with Gasteiger partial charge in [-0.15, -0.1) is 0 Å². The Hall–Kier alpha value is -2.38. The molecule has 1 N–H and O–H groups in total. The average Bonchev–Trinajstić information content (AvgIpc) is 2.95. The summed E-state index contributed by atoms with van der Waals surface area (Å²) in [5, 5.41) is 14.1. The van der Waals surface area contributed by atoms with Gasteiger partial charge in [0.25, 0.3) is 0 Å². The number of aliphatic carboxylic acids is 1. The third kappa shape index (κ3) is 4.00. The smallest absolute Gasteiger partial charge is 0.303 e. The molecule has 0 fully saturated rings. The van der Waals surface area contributed by atoms with E-state index in [1.54, 1.807) is 19.1 Å². The van der Waals surface area contributed by atoms with Gasteiger partial charge in [-0.1, -0.05) is 28.4 Å². The number of benzene rings is 1. The molecule has 0 radical (unpaired) electrons. The lowest BCUT2D eigenvalue weighted by Crippen LogP contribution is -2.07. The van der Waals surface area contributed by atoms with Crippen molar-refractivity contribution < 1.29 is 19.2 Å². The van der Waals surface area contributed by atoms with Gasteiger partial charge in [0.15, 0.2) is 17.5 Å². The number of rotatable bonds is 6. The Labute approximate surface area is 152 Å². The minimum Gasteiger partial charge on any atom is -0.481 e. The molecule has 130 valence electrons. The van der Waals surface area contributed by atoms with Crippen LogP contribution in [0.25, 0.3) is 11.0 Å². The molecule has 0 saturated carbocycles. The molecule has 1 unspecified atom stereocenters. The zero-order chi connectivity index (χ0) is 18.0. The van der Waals surface area contributed by atoms with Gasteiger partial charge < -0.3 is 14.4 Å². The molecule has 9 heteroatoms. The van der Waals surface area contributed by atoms with E-state index in [2.05, 4.69) is 15.1 Å². The molecule has 0 aliphatic carbocycles. The Kier molecular flexibility index (Phi) is 5.06. The van der Waals surface area contributed by atoms with Gasteiger partial charge in [0, 0.05) is 30.3 Å². The SMILES string of the molecule is CC(Oc1cc2onc(CCC(=O)O)c2cc1Cl)c1ncc(Cl)cn1. The fraction of sp³-hybridized carbons (Fsp3) is 0.250. The lowest BCUT2D eigenvalue weighted by Gasteiger charge is -2.14. The molecule has 0 aliphatic rings. The van der Waals surface area contributed by atoms with Crippen molar-refractivity contribution in [1.82, 2.24) is 15.1 Å². The first-order valence-corrected chi connectivity index (χ1v) is 8.13. The Morgan fingerprint density at radius 3 is 2.72 bits per heavy atom. The number of carboxylic acid groups (broad SMARTS) is 1. The molecule has 2 heterocycles. The third-order valence-electron chi connectivity index (χ3n) is 3.48. The summed E-state index contributed by atoms with van der Waals surface area (Å²) in [5.74, 6) is -0.0552. The Bertz CT molecular complexity index is 912. The molecule has 0 amide bonds. The Balaban J connectivity index is 1.83. The van der Waals surface area contributed by atoms with E-state index >= 15 is 0 Å². The van der Waals surface area contributed by atoms with Crippen LogP contribution in [0.2, 0.25) is 10.0 Å². The number of carboxylic acids is 1. The van der Waals surface area contributed by atoms with Crippen LogP contribution >= 0.6 is 23.2 Å². The van der Waals surface area contributed by atoms with Gasteiger partial charge in [0.05, 0.1) is 22.2 Å². The number of hydrogen-bond donors (Lipinski definition) is 1.